The van der Waals surface area contributed by atoms with Crippen LogP contribution in [0.5, 0.6) is 0 Å². The largest absolute Gasteiger partial charge is 0.461 e. The van der Waals surface area contributed by atoms with Gasteiger partial charge in [-0.1, -0.05) is 0 Å². The van der Waals surface area contributed by atoms with Crippen molar-refractivity contribution in [2.24, 2.45) is 5.92 Å². The minimum atomic E-state index is -0.548. The average Bonchev–Trinajstić information content (AvgIpc) is 3.41. The van der Waals surface area contributed by atoms with Crippen molar-refractivity contribution in [3.05, 3.63) is 22.5 Å². The zero-order valence-electron chi connectivity index (χ0n) is 16.7. The summed E-state index contributed by atoms with van der Waals surface area (Å²) in [6.45, 7) is 12.3. The molecule has 2 rings (SSSR count). The van der Waals surface area contributed by atoms with Gasteiger partial charge in [0.1, 0.15) is 5.69 Å². The number of carbonyl (C=O) groups is 3. The van der Waals surface area contributed by atoms with E-state index in [4.69, 9.17) is 4.74 Å². The Balaban J connectivity index is 2.41. The van der Waals surface area contributed by atoms with Crippen LogP contribution in [0.25, 0.3) is 0 Å². The van der Waals surface area contributed by atoms with E-state index in [1.165, 1.54) is 0 Å². The fourth-order valence-corrected chi connectivity index (χ4v) is 3.65. The highest BCUT2D eigenvalue weighted by Crippen LogP contribution is 2.32. The summed E-state index contributed by atoms with van der Waals surface area (Å²) in [6, 6.07) is -0.548. The predicted octanol–water partition coefficient (Wildman–Crippen LogP) is 3.13. The van der Waals surface area contributed by atoms with Gasteiger partial charge in [0.25, 0.3) is 0 Å². The molecule has 1 saturated carbocycles. The Labute approximate surface area is 155 Å². The predicted molar refractivity (Wildman–Crippen MR) is 99.4 cm³/mol. The molecule has 1 aliphatic rings. The molecule has 1 aromatic heterocycles. The van der Waals surface area contributed by atoms with E-state index in [0.717, 1.165) is 18.5 Å². The Hall–Kier alpha value is -2.11. The number of likely N-dealkylation sites (N-methyl/N-ethyl adjacent to an activating group) is 1. The maximum Gasteiger partial charge on any atom is 0.355 e. The van der Waals surface area contributed by atoms with Gasteiger partial charge in [0.05, 0.1) is 12.6 Å². The van der Waals surface area contributed by atoms with Crippen molar-refractivity contribution in [2.75, 3.05) is 13.2 Å². The molecule has 1 amide bonds. The van der Waals surface area contributed by atoms with Crippen LogP contribution in [0.3, 0.4) is 0 Å². The number of ketones is 1. The van der Waals surface area contributed by atoms with Crippen LogP contribution in [-0.4, -0.2) is 46.3 Å². The van der Waals surface area contributed by atoms with E-state index in [1.54, 1.807) is 25.7 Å². The van der Waals surface area contributed by atoms with Gasteiger partial charge in [-0.25, -0.2) is 4.79 Å². The summed E-state index contributed by atoms with van der Waals surface area (Å²) in [5.41, 5.74) is 2.35. The number of esters is 1. The van der Waals surface area contributed by atoms with Crippen LogP contribution in [0.1, 0.15) is 72.6 Å². The van der Waals surface area contributed by atoms with Crippen molar-refractivity contribution >= 4 is 17.7 Å². The summed E-state index contributed by atoms with van der Waals surface area (Å²) in [5.74, 6) is -0.399. The third-order valence-corrected chi connectivity index (χ3v) is 5.20. The van der Waals surface area contributed by atoms with Gasteiger partial charge in [-0.3, -0.25) is 9.59 Å². The van der Waals surface area contributed by atoms with Crippen molar-refractivity contribution in [3.8, 4) is 0 Å². The minimum absolute atomic E-state index is 0.0594. The summed E-state index contributed by atoms with van der Waals surface area (Å²) in [7, 11) is 0. The first kappa shape index (κ1) is 20.2. The van der Waals surface area contributed by atoms with Gasteiger partial charge in [-0.15, -0.1) is 0 Å². The maximum absolute atomic E-state index is 13.2. The lowest BCUT2D eigenvalue weighted by atomic mass is 9.99. The number of hydrogen-bond donors (Lipinski definition) is 0. The zero-order chi connectivity index (χ0) is 19.6. The standard InChI is InChI=1S/C20H30N2O4/c1-7-21-13(5)16(12(4)17(21)20(25)26-9-3)18(23)14(6)22(8-2)19(24)15-10-11-15/h14-15H,7-11H2,1-6H3. The van der Waals surface area contributed by atoms with E-state index in [0.29, 0.717) is 29.9 Å². The number of aromatic nitrogens is 1. The lowest BCUT2D eigenvalue weighted by Gasteiger charge is -2.27. The summed E-state index contributed by atoms with van der Waals surface area (Å²) in [4.78, 5) is 39.8. The molecule has 0 bridgehead atoms. The van der Waals surface area contributed by atoms with E-state index in [1.807, 2.05) is 25.3 Å². The number of amides is 1. The average molecular weight is 362 g/mol. The molecule has 0 radical (unpaired) electrons. The Bertz CT molecular complexity index is 716. The second-order valence-electron chi connectivity index (χ2n) is 6.84. The number of Topliss-reactive ketones (excluding diaryl/α,β-unsaturated/α-hetero) is 1. The molecule has 0 spiro atoms. The van der Waals surface area contributed by atoms with E-state index in [9.17, 15) is 14.4 Å². The molecule has 1 aliphatic carbocycles. The molecule has 1 heterocycles. The zero-order valence-corrected chi connectivity index (χ0v) is 16.7. The van der Waals surface area contributed by atoms with Crippen LogP contribution in [0.15, 0.2) is 0 Å². The van der Waals surface area contributed by atoms with Gasteiger partial charge in [-0.05, 0) is 59.9 Å². The van der Waals surface area contributed by atoms with Crippen LogP contribution in [0.4, 0.5) is 0 Å². The Morgan fingerprint density at radius 3 is 2.27 bits per heavy atom. The summed E-state index contributed by atoms with van der Waals surface area (Å²) in [5, 5.41) is 0. The maximum atomic E-state index is 13.2. The van der Waals surface area contributed by atoms with E-state index in [-0.39, 0.29) is 24.2 Å². The molecule has 0 aliphatic heterocycles. The van der Waals surface area contributed by atoms with Crippen LogP contribution in [0, 0.1) is 19.8 Å². The molecular formula is C20H30N2O4. The van der Waals surface area contributed by atoms with Crippen molar-refractivity contribution in [1.29, 1.82) is 0 Å². The first-order valence-electron chi connectivity index (χ1n) is 9.51. The molecule has 1 fully saturated rings. The molecule has 1 unspecified atom stereocenters. The molecular weight excluding hydrogens is 332 g/mol. The molecule has 144 valence electrons. The number of ether oxygens (including phenoxy) is 1. The molecule has 1 aromatic rings. The van der Waals surface area contributed by atoms with Crippen LogP contribution < -0.4 is 0 Å². The molecule has 0 N–H and O–H groups in total. The van der Waals surface area contributed by atoms with Crippen LogP contribution in [0.2, 0.25) is 0 Å². The van der Waals surface area contributed by atoms with E-state index >= 15 is 0 Å². The Morgan fingerprint density at radius 1 is 1.19 bits per heavy atom. The molecule has 6 heteroatoms. The molecule has 0 aromatic carbocycles. The number of nitrogens with zero attached hydrogens (tertiary/aromatic N) is 2. The Morgan fingerprint density at radius 2 is 1.81 bits per heavy atom. The monoisotopic (exact) mass is 362 g/mol. The second-order valence-corrected chi connectivity index (χ2v) is 6.84. The highest BCUT2D eigenvalue weighted by Gasteiger charge is 2.38. The minimum Gasteiger partial charge on any atom is -0.461 e. The normalized spacial score (nSPS) is 14.8. The van der Waals surface area contributed by atoms with Crippen molar-refractivity contribution in [2.45, 2.75) is 67.0 Å². The van der Waals surface area contributed by atoms with E-state index < -0.39 is 12.0 Å². The molecule has 26 heavy (non-hydrogen) atoms. The first-order chi connectivity index (χ1) is 12.3. The third kappa shape index (κ3) is 3.55. The van der Waals surface area contributed by atoms with Gasteiger partial charge in [0, 0.05) is 30.3 Å². The van der Waals surface area contributed by atoms with E-state index in [2.05, 4.69) is 0 Å². The Kier molecular flexibility index (Phi) is 6.26. The molecule has 1 atom stereocenters. The SMILES string of the molecule is CCOC(=O)c1c(C)c(C(=O)C(C)N(CC)C(=O)C2CC2)c(C)n1CC. The summed E-state index contributed by atoms with van der Waals surface area (Å²) < 4.78 is 7.00. The molecule has 6 nitrogen and oxygen atoms in total. The fraction of sp³-hybridized carbons (Fsp3) is 0.650. The third-order valence-electron chi connectivity index (χ3n) is 5.20. The number of rotatable bonds is 8. The van der Waals surface area contributed by atoms with Gasteiger partial charge in [-0.2, -0.15) is 0 Å². The highest BCUT2D eigenvalue weighted by molar-refractivity contribution is 6.06. The van der Waals surface area contributed by atoms with Gasteiger partial charge < -0.3 is 14.2 Å². The smallest absolute Gasteiger partial charge is 0.355 e. The van der Waals surface area contributed by atoms with Gasteiger partial charge >= 0.3 is 5.97 Å². The first-order valence-corrected chi connectivity index (χ1v) is 9.51. The fourth-order valence-electron chi connectivity index (χ4n) is 3.65. The summed E-state index contributed by atoms with van der Waals surface area (Å²) >= 11 is 0. The van der Waals surface area contributed by atoms with Gasteiger partial charge in [0.15, 0.2) is 5.78 Å². The second kappa shape index (κ2) is 8.06. The van der Waals surface area contributed by atoms with Crippen molar-refractivity contribution in [3.63, 3.8) is 0 Å². The topological polar surface area (TPSA) is 68.6 Å². The van der Waals surface area contributed by atoms with Crippen molar-refractivity contribution < 1.29 is 19.1 Å². The quantitative estimate of drug-likeness (QED) is 0.526. The number of carbonyl (C=O) groups excluding carboxylic acids is 3. The number of hydrogen-bond acceptors (Lipinski definition) is 4. The van der Waals surface area contributed by atoms with Crippen molar-refractivity contribution in [1.82, 2.24) is 9.47 Å². The lowest BCUT2D eigenvalue weighted by Crippen LogP contribution is -2.44. The van der Waals surface area contributed by atoms with Crippen LogP contribution >= 0.6 is 0 Å². The van der Waals surface area contributed by atoms with Crippen LogP contribution in [-0.2, 0) is 16.1 Å². The lowest BCUT2D eigenvalue weighted by molar-refractivity contribution is -0.133. The summed E-state index contributed by atoms with van der Waals surface area (Å²) in [6.07, 6.45) is 1.82. The van der Waals surface area contributed by atoms with Gasteiger partial charge in [0.2, 0.25) is 5.91 Å². The molecule has 0 saturated heterocycles. The highest BCUT2D eigenvalue weighted by atomic mass is 16.5.